The number of thioether (sulfide) groups is 1. The second-order valence-corrected chi connectivity index (χ2v) is 9.03. The van der Waals surface area contributed by atoms with E-state index in [4.69, 9.17) is 0 Å². The number of rotatable bonds is 5. The molecule has 1 aliphatic rings. The van der Waals surface area contributed by atoms with E-state index in [1.807, 2.05) is 77.5 Å². The van der Waals surface area contributed by atoms with Crippen LogP contribution in [-0.2, 0) is 5.75 Å². The van der Waals surface area contributed by atoms with Crippen LogP contribution >= 0.6 is 11.8 Å². The van der Waals surface area contributed by atoms with E-state index in [0.29, 0.717) is 37.3 Å². The van der Waals surface area contributed by atoms with Crippen molar-refractivity contribution >= 4 is 23.6 Å². The van der Waals surface area contributed by atoms with Crippen molar-refractivity contribution in [3.8, 4) is 0 Å². The minimum atomic E-state index is 0.0265. The van der Waals surface area contributed by atoms with Crippen molar-refractivity contribution in [3.63, 3.8) is 0 Å². The van der Waals surface area contributed by atoms with Crippen molar-refractivity contribution in [2.45, 2.75) is 24.0 Å². The highest BCUT2D eigenvalue weighted by Gasteiger charge is 2.23. The zero-order valence-corrected chi connectivity index (χ0v) is 19.1. The SMILES string of the molecule is Cc1cccc(C(=O)N2CCCN(C(=O)c3ccc(SCc4cccnc4)cc3)CC2)c1. The average Bonchev–Trinajstić information content (AvgIpc) is 3.09. The number of carbonyl (C=O) groups is 2. The van der Waals surface area contributed by atoms with E-state index in [1.54, 1.807) is 18.0 Å². The van der Waals surface area contributed by atoms with Crippen LogP contribution < -0.4 is 0 Å². The Kier molecular flexibility index (Phi) is 7.22. The maximum atomic E-state index is 13.0. The van der Waals surface area contributed by atoms with Gasteiger partial charge in [0, 0.05) is 60.3 Å². The molecule has 4 rings (SSSR count). The number of amides is 2. The second kappa shape index (κ2) is 10.5. The molecule has 1 saturated heterocycles. The molecule has 2 heterocycles. The third-order valence-electron chi connectivity index (χ3n) is 5.56. The van der Waals surface area contributed by atoms with Crippen LogP contribution in [0.15, 0.2) is 78.0 Å². The van der Waals surface area contributed by atoms with Gasteiger partial charge in [-0.05, 0) is 61.4 Å². The molecular formula is C26H27N3O2S. The summed E-state index contributed by atoms with van der Waals surface area (Å²) in [6.07, 6.45) is 4.43. The fourth-order valence-electron chi connectivity index (χ4n) is 3.81. The first-order valence-electron chi connectivity index (χ1n) is 10.9. The van der Waals surface area contributed by atoms with Gasteiger partial charge in [-0.1, -0.05) is 23.8 Å². The molecule has 3 aromatic rings. The van der Waals surface area contributed by atoms with Gasteiger partial charge in [-0.15, -0.1) is 11.8 Å². The molecule has 0 radical (unpaired) electrons. The first-order chi connectivity index (χ1) is 15.6. The minimum Gasteiger partial charge on any atom is -0.337 e. The number of aryl methyl sites for hydroxylation is 1. The van der Waals surface area contributed by atoms with Crippen molar-refractivity contribution in [2.24, 2.45) is 0 Å². The molecule has 0 aliphatic carbocycles. The van der Waals surface area contributed by atoms with E-state index in [-0.39, 0.29) is 11.8 Å². The molecular weight excluding hydrogens is 418 g/mol. The molecule has 1 aliphatic heterocycles. The lowest BCUT2D eigenvalue weighted by atomic mass is 10.1. The largest absolute Gasteiger partial charge is 0.337 e. The number of hydrogen-bond acceptors (Lipinski definition) is 4. The van der Waals surface area contributed by atoms with Crippen LogP contribution in [-0.4, -0.2) is 52.8 Å². The summed E-state index contributed by atoms with van der Waals surface area (Å²) in [7, 11) is 0. The number of carbonyl (C=O) groups excluding carboxylic acids is 2. The Morgan fingerprint density at radius 3 is 2.25 bits per heavy atom. The average molecular weight is 446 g/mol. The fraction of sp³-hybridized carbons (Fsp3) is 0.269. The summed E-state index contributed by atoms with van der Waals surface area (Å²) in [5.74, 6) is 0.912. The summed E-state index contributed by atoms with van der Waals surface area (Å²) >= 11 is 1.73. The van der Waals surface area contributed by atoms with E-state index >= 15 is 0 Å². The van der Waals surface area contributed by atoms with Gasteiger partial charge in [-0.3, -0.25) is 14.6 Å². The van der Waals surface area contributed by atoms with Crippen LogP contribution in [0.2, 0.25) is 0 Å². The van der Waals surface area contributed by atoms with Gasteiger partial charge in [-0.25, -0.2) is 0 Å². The molecule has 0 spiro atoms. The Morgan fingerprint density at radius 1 is 0.875 bits per heavy atom. The van der Waals surface area contributed by atoms with Gasteiger partial charge in [0.1, 0.15) is 0 Å². The first-order valence-corrected chi connectivity index (χ1v) is 11.9. The van der Waals surface area contributed by atoms with Crippen molar-refractivity contribution in [2.75, 3.05) is 26.2 Å². The molecule has 0 saturated carbocycles. The summed E-state index contributed by atoms with van der Waals surface area (Å²) in [6.45, 7) is 4.42. The molecule has 1 fully saturated rings. The number of hydrogen-bond donors (Lipinski definition) is 0. The molecule has 0 unspecified atom stereocenters. The number of benzene rings is 2. The number of nitrogens with zero attached hydrogens (tertiary/aromatic N) is 3. The molecule has 1 aromatic heterocycles. The van der Waals surface area contributed by atoms with Crippen molar-refractivity contribution in [1.82, 2.24) is 14.8 Å². The van der Waals surface area contributed by atoms with E-state index in [0.717, 1.165) is 22.6 Å². The minimum absolute atomic E-state index is 0.0265. The Bertz CT molecular complexity index is 1070. The zero-order chi connectivity index (χ0) is 22.3. The maximum absolute atomic E-state index is 13.0. The number of aromatic nitrogens is 1. The van der Waals surface area contributed by atoms with E-state index in [2.05, 4.69) is 11.1 Å². The zero-order valence-electron chi connectivity index (χ0n) is 18.2. The summed E-state index contributed by atoms with van der Waals surface area (Å²) < 4.78 is 0. The van der Waals surface area contributed by atoms with Crippen molar-refractivity contribution < 1.29 is 9.59 Å². The van der Waals surface area contributed by atoms with Gasteiger partial charge in [0.15, 0.2) is 0 Å². The number of pyridine rings is 1. The molecule has 0 atom stereocenters. The quantitative estimate of drug-likeness (QED) is 0.536. The van der Waals surface area contributed by atoms with Gasteiger partial charge < -0.3 is 9.80 Å². The molecule has 5 nitrogen and oxygen atoms in total. The van der Waals surface area contributed by atoms with Crippen LogP contribution in [0, 0.1) is 6.92 Å². The van der Waals surface area contributed by atoms with Gasteiger partial charge in [0.05, 0.1) is 0 Å². The lowest BCUT2D eigenvalue weighted by Crippen LogP contribution is -2.37. The topological polar surface area (TPSA) is 53.5 Å². The van der Waals surface area contributed by atoms with Crippen LogP contribution in [0.4, 0.5) is 0 Å². The summed E-state index contributed by atoms with van der Waals surface area (Å²) in [5, 5.41) is 0. The Hall–Kier alpha value is -3.12. The summed E-state index contributed by atoms with van der Waals surface area (Å²) in [4.78, 5) is 34.9. The highest BCUT2D eigenvalue weighted by Crippen LogP contribution is 2.23. The van der Waals surface area contributed by atoms with Gasteiger partial charge in [0.25, 0.3) is 11.8 Å². The highest BCUT2D eigenvalue weighted by molar-refractivity contribution is 7.98. The van der Waals surface area contributed by atoms with Crippen LogP contribution in [0.1, 0.15) is 38.3 Å². The van der Waals surface area contributed by atoms with Gasteiger partial charge in [-0.2, -0.15) is 0 Å². The lowest BCUT2D eigenvalue weighted by molar-refractivity contribution is 0.0718. The summed E-state index contributed by atoms with van der Waals surface area (Å²) in [5.41, 5.74) is 3.65. The normalized spacial score (nSPS) is 14.2. The standard InChI is InChI=1S/C26H27N3O2S/c1-20-5-2-7-23(17-20)26(31)29-14-4-13-28(15-16-29)25(30)22-8-10-24(11-9-22)32-19-21-6-3-12-27-18-21/h2-3,5-12,17-18H,4,13-16,19H2,1H3. The Balaban J connectivity index is 1.34. The molecule has 0 N–H and O–H groups in total. The van der Waals surface area contributed by atoms with Crippen LogP contribution in [0.3, 0.4) is 0 Å². The Labute approximate surface area is 193 Å². The van der Waals surface area contributed by atoms with E-state index in [1.165, 1.54) is 5.56 Å². The van der Waals surface area contributed by atoms with Gasteiger partial charge >= 0.3 is 0 Å². The predicted octanol–water partition coefficient (Wildman–Crippen LogP) is 4.67. The molecule has 0 bridgehead atoms. The molecule has 2 aromatic carbocycles. The molecule has 2 amide bonds. The van der Waals surface area contributed by atoms with Crippen LogP contribution in [0.25, 0.3) is 0 Å². The first kappa shape index (κ1) is 22.1. The van der Waals surface area contributed by atoms with Gasteiger partial charge in [0.2, 0.25) is 0 Å². The summed E-state index contributed by atoms with van der Waals surface area (Å²) in [6, 6.07) is 19.5. The fourth-order valence-corrected chi connectivity index (χ4v) is 4.64. The molecule has 164 valence electrons. The third kappa shape index (κ3) is 5.56. The monoisotopic (exact) mass is 445 g/mol. The van der Waals surface area contributed by atoms with E-state index in [9.17, 15) is 9.59 Å². The highest BCUT2D eigenvalue weighted by atomic mass is 32.2. The van der Waals surface area contributed by atoms with E-state index < -0.39 is 0 Å². The maximum Gasteiger partial charge on any atom is 0.253 e. The smallest absolute Gasteiger partial charge is 0.253 e. The van der Waals surface area contributed by atoms with Crippen molar-refractivity contribution in [3.05, 3.63) is 95.3 Å². The molecule has 6 heteroatoms. The van der Waals surface area contributed by atoms with Crippen molar-refractivity contribution in [1.29, 1.82) is 0 Å². The molecule has 32 heavy (non-hydrogen) atoms. The second-order valence-electron chi connectivity index (χ2n) is 7.98. The predicted molar refractivity (Wildman–Crippen MR) is 128 cm³/mol. The lowest BCUT2D eigenvalue weighted by Gasteiger charge is -2.22. The Morgan fingerprint density at radius 2 is 1.59 bits per heavy atom. The third-order valence-corrected chi connectivity index (χ3v) is 6.65. The van der Waals surface area contributed by atoms with Crippen LogP contribution in [0.5, 0.6) is 0 Å².